The molecule has 0 bridgehead atoms. The van der Waals surface area contributed by atoms with Crippen LogP contribution in [-0.2, 0) is 9.59 Å². The minimum Gasteiger partial charge on any atom is -0.480 e. The highest BCUT2D eigenvalue weighted by Crippen LogP contribution is 2.08. The van der Waals surface area contributed by atoms with Crippen LogP contribution in [0.3, 0.4) is 0 Å². The van der Waals surface area contributed by atoms with Crippen LogP contribution in [0, 0.1) is 11.8 Å². The number of carbonyl (C=O) groups is 2. The number of carboxylic acid groups (broad SMARTS) is 1. The number of rotatable bonds is 7. The van der Waals surface area contributed by atoms with Gasteiger partial charge in [-0.1, -0.05) is 27.7 Å². The molecule has 0 rings (SSSR count). The van der Waals surface area contributed by atoms with Crippen LogP contribution in [0.2, 0.25) is 0 Å². The topological polar surface area (TPSA) is 66.4 Å². The molecule has 0 aliphatic rings. The molecule has 1 atom stereocenters. The van der Waals surface area contributed by atoms with Crippen molar-refractivity contribution in [1.82, 2.24) is 5.32 Å². The van der Waals surface area contributed by atoms with Crippen LogP contribution < -0.4 is 5.32 Å². The van der Waals surface area contributed by atoms with Crippen LogP contribution >= 0.6 is 11.8 Å². The number of hydrogen-bond donors (Lipinski definition) is 2. The lowest BCUT2D eigenvalue weighted by atomic mass is 10.1. The quantitative estimate of drug-likeness (QED) is 0.717. The summed E-state index contributed by atoms with van der Waals surface area (Å²) in [5.74, 6) is 0.500. The summed E-state index contributed by atoms with van der Waals surface area (Å²) in [6.45, 7) is 7.72. The van der Waals surface area contributed by atoms with Gasteiger partial charge in [0.2, 0.25) is 5.91 Å². The summed E-state index contributed by atoms with van der Waals surface area (Å²) >= 11 is 1.53. The average molecular weight is 247 g/mol. The van der Waals surface area contributed by atoms with Gasteiger partial charge in [-0.15, -0.1) is 0 Å². The zero-order valence-corrected chi connectivity index (χ0v) is 11.1. The van der Waals surface area contributed by atoms with Crippen LogP contribution in [0.15, 0.2) is 0 Å². The fraction of sp³-hybridized carbons (Fsp3) is 0.818. The molecule has 0 heterocycles. The Morgan fingerprint density at radius 1 is 1.25 bits per heavy atom. The number of amides is 1. The highest BCUT2D eigenvalue weighted by Gasteiger charge is 2.22. The van der Waals surface area contributed by atoms with E-state index in [9.17, 15) is 9.59 Å². The smallest absolute Gasteiger partial charge is 0.326 e. The summed E-state index contributed by atoms with van der Waals surface area (Å²) in [5.41, 5.74) is 0. The Morgan fingerprint density at radius 3 is 2.19 bits per heavy atom. The molecule has 0 saturated heterocycles. The summed E-state index contributed by atoms with van der Waals surface area (Å²) in [7, 11) is 0. The Balaban J connectivity index is 3.97. The highest BCUT2D eigenvalue weighted by atomic mass is 32.2. The maximum absolute atomic E-state index is 11.4. The van der Waals surface area contributed by atoms with Crippen molar-refractivity contribution in [2.24, 2.45) is 11.8 Å². The Hall–Kier alpha value is -0.710. The maximum atomic E-state index is 11.4. The van der Waals surface area contributed by atoms with Gasteiger partial charge in [-0.3, -0.25) is 4.79 Å². The van der Waals surface area contributed by atoms with Gasteiger partial charge in [-0.2, -0.15) is 11.8 Å². The van der Waals surface area contributed by atoms with E-state index >= 15 is 0 Å². The van der Waals surface area contributed by atoms with Gasteiger partial charge in [0, 0.05) is 0 Å². The lowest BCUT2D eigenvalue weighted by molar-refractivity contribution is -0.142. The van der Waals surface area contributed by atoms with Gasteiger partial charge < -0.3 is 10.4 Å². The molecule has 0 aromatic heterocycles. The summed E-state index contributed by atoms with van der Waals surface area (Å²) in [6, 6.07) is -0.785. The van der Waals surface area contributed by atoms with E-state index in [0.29, 0.717) is 11.7 Å². The van der Waals surface area contributed by atoms with E-state index in [1.807, 2.05) is 0 Å². The number of carbonyl (C=O) groups excluding carboxylic acids is 1. The fourth-order valence-electron chi connectivity index (χ4n) is 1.12. The molecule has 16 heavy (non-hydrogen) atoms. The van der Waals surface area contributed by atoms with Gasteiger partial charge >= 0.3 is 5.97 Å². The van der Waals surface area contributed by atoms with Gasteiger partial charge in [-0.05, 0) is 17.6 Å². The van der Waals surface area contributed by atoms with Crippen molar-refractivity contribution in [3.8, 4) is 0 Å². The molecule has 5 heteroatoms. The van der Waals surface area contributed by atoms with Crippen LogP contribution in [0.5, 0.6) is 0 Å². The van der Waals surface area contributed by atoms with Gasteiger partial charge in [-0.25, -0.2) is 4.79 Å². The molecular formula is C11H21NO3S. The van der Waals surface area contributed by atoms with Crippen LogP contribution in [0.1, 0.15) is 27.7 Å². The molecule has 4 nitrogen and oxygen atoms in total. The predicted octanol–water partition coefficient (Wildman–Crippen LogP) is 1.60. The summed E-state index contributed by atoms with van der Waals surface area (Å²) < 4.78 is 0. The molecule has 0 saturated carbocycles. The van der Waals surface area contributed by atoms with E-state index in [-0.39, 0.29) is 11.8 Å². The Bertz CT molecular complexity index is 241. The summed E-state index contributed by atoms with van der Waals surface area (Å²) in [5, 5.41) is 11.4. The number of aliphatic carboxylic acids is 1. The van der Waals surface area contributed by atoms with Crippen molar-refractivity contribution in [2.45, 2.75) is 33.7 Å². The lowest BCUT2D eigenvalue weighted by Gasteiger charge is -2.17. The monoisotopic (exact) mass is 247 g/mol. The molecule has 1 unspecified atom stereocenters. The number of nitrogens with one attached hydrogen (secondary N) is 1. The van der Waals surface area contributed by atoms with Gasteiger partial charge in [0.15, 0.2) is 0 Å². The van der Waals surface area contributed by atoms with Crippen molar-refractivity contribution in [1.29, 1.82) is 0 Å². The van der Waals surface area contributed by atoms with Crippen molar-refractivity contribution in [3.63, 3.8) is 0 Å². The first kappa shape index (κ1) is 15.3. The Morgan fingerprint density at radius 2 is 1.81 bits per heavy atom. The summed E-state index contributed by atoms with van der Waals surface area (Å²) in [6.07, 6.45) is 0. The molecule has 2 N–H and O–H groups in total. The predicted molar refractivity (Wildman–Crippen MR) is 66.6 cm³/mol. The number of thioether (sulfide) groups is 1. The van der Waals surface area contributed by atoms with Gasteiger partial charge in [0.05, 0.1) is 5.75 Å². The van der Waals surface area contributed by atoms with Crippen molar-refractivity contribution in [2.75, 3.05) is 11.5 Å². The zero-order chi connectivity index (χ0) is 12.7. The van der Waals surface area contributed by atoms with Crippen LogP contribution in [0.25, 0.3) is 0 Å². The van der Waals surface area contributed by atoms with Crippen molar-refractivity contribution in [3.05, 3.63) is 0 Å². The first-order chi connectivity index (χ1) is 7.34. The Kier molecular flexibility index (Phi) is 7.21. The third kappa shape index (κ3) is 6.71. The first-order valence-electron chi connectivity index (χ1n) is 5.44. The molecule has 0 aliphatic heterocycles. The number of carboxylic acids is 1. The minimum absolute atomic E-state index is 0.100. The largest absolute Gasteiger partial charge is 0.480 e. The fourth-order valence-corrected chi connectivity index (χ4v) is 1.97. The molecule has 0 fully saturated rings. The molecule has 0 spiro atoms. The second kappa shape index (κ2) is 7.54. The standard InChI is InChI=1S/C11H21NO3S/c1-7(2)5-16-6-9(13)12-10(8(3)4)11(14)15/h7-8,10H,5-6H2,1-4H3,(H,12,13)(H,14,15). The average Bonchev–Trinajstić information content (AvgIpc) is 2.12. The molecule has 0 radical (unpaired) electrons. The van der Waals surface area contributed by atoms with E-state index in [0.717, 1.165) is 5.75 Å². The molecule has 1 amide bonds. The molecule has 0 aromatic rings. The van der Waals surface area contributed by atoms with Crippen LogP contribution in [0.4, 0.5) is 0 Å². The van der Waals surface area contributed by atoms with Gasteiger partial charge in [0.25, 0.3) is 0 Å². The van der Waals surface area contributed by atoms with Crippen LogP contribution in [-0.4, -0.2) is 34.5 Å². The molecule has 94 valence electrons. The molecular weight excluding hydrogens is 226 g/mol. The maximum Gasteiger partial charge on any atom is 0.326 e. The van der Waals surface area contributed by atoms with Crippen molar-refractivity contribution >= 4 is 23.6 Å². The highest BCUT2D eigenvalue weighted by molar-refractivity contribution is 7.99. The third-order valence-electron chi connectivity index (χ3n) is 1.93. The minimum atomic E-state index is -0.975. The molecule has 0 aliphatic carbocycles. The lowest BCUT2D eigenvalue weighted by Crippen LogP contribution is -2.45. The third-order valence-corrected chi connectivity index (χ3v) is 3.30. The molecule has 0 aromatic carbocycles. The second-order valence-electron chi connectivity index (χ2n) is 4.54. The van der Waals surface area contributed by atoms with Crippen molar-refractivity contribution < 1.29 is 14.7 Å². The normalized spacial score (nSPS) is 12.9. The zero-order valence-electron chi connectivity index (χ0n) is 10.3. The Labute approximate surface area is 101 Å². The SMILES string of the molecule is CC(C)CSCC(=O)NC(C(=O)O)C(C)C. The van der Waals surface area contributed by atoms with E-state index in [1.165, 1.54) is 11.8 Å². The summed E-state index contributed by atoms with van der Waals surface area (Å²) in [4.78, 5) is 22.3. The number of hydrogen-bond acceptors (Lipinski definition) is 3. The van der Waals surface area contributed by atoms with E-state index < -0.39 is 12.0 Å². The van der Waals surface area contributed by atoms with E-state index in [2.05, 4.69) is 19.2 Å². The first-order valence-corrected chi connectivity index (χ1v) is 6.60. The van der Waals surface area contributed by atoms with E-state index in [1.54, 1.807) is 13.8 Å². The second-order valence-corrected chi connectivity index (χ2v) is 5.57. The van der Waals surface area contributed by atoms with Gasteiger partial charge in [0.1, 0.15) is 6.04 Å². The van der Waals surface area contributed by atoms with E-state index in [4.69, 9.17) is 5.11 Å².